The van der Waals surface area contributed by atoms with E-state index in [9.17, 15) is 0 Å². The third kappa shape index (κ3) is 3.42. The number of pyridine rings is 1. The predicted molar refractivity (Wildman–Crippen MR) is 91.5 cm³/mol. The minimum Gasteiger partial charge on any atom is -0.388 e. The highest BCUT2D eigenvalue weighted by Crippen LogP contribution is 2.36. The standard InChI is InChI=1S/C19H27N3O/c1-2-5-16(6-3-1)15-22-11-8-19(9-12-22)13-18(21-23-19)17-7-4-10-20-14-17/h4,7,10,14,16H,1-3,5-6,8-9,11-13,15H2. The summed E-state index contributed by atoms with van der Waals surface area (Å²) in [4.78, 5) is 12.8. The van der Waals surface area contributed by atoms with Gasteiger partial charge in [-0.2, -0.15) is 0 Å². The van der Waals surface area contributed by atoms with E-state index in [2.05, 4.69) is 21.1 Å². The Bertz CT molecular complexity index is 543. The SMILES string of the molecule is c1cncc(C2=NOC3(CCN(CC4CCCCC4)CC3)C2)c1. The van der Waals surface area contributed by atoms with Gasteiger partial charge in [-0.1, -0.05) is 24.4 Å². The van der Waals surface area contributed by atoms with Crippen molar-refractivity contribution in [2.45, 2.75) is 57.0 Å². The summed E-state index contributed by atoms with van der Waals surface area (Å²) >= 11 is 0. The van der Waals surface area contributed by atoms with Crippen molar-refractivity contribution in [3.8, 4) is 0 Å². The number of likely N-dealkylation sites (tertiary alicyclic amines) is 1. The lowest BCUT2D eigenvalue weighted by atomic mass is 9.84. The lowest BCUT2D eigenvalue weighted by Crippen LogP contribution is -2.46. The molecule has 0 N–H and O–H groups in total. The van der Waals surface area contributed by atoms with Crippen LogP contribution in [-0.2, 0) is 4.84 Å². The Morgan fingerprint density at radius 2 is 2.00 bits per heavy atom. The average molecular weight is 313 g/mol. The molecule has 1 aromatic rings. The van der Waals surface area contributed by atoms with Gasteiger partial charge >= 0.3 is 0 Å². The zero-order chi connectivity index (χ0) is 15.5. The summed E-state index contributed by atoms with van der Waals surface area (Å²) in [7, 11) is 0. The normalized spacial score (nSPS) is 25.3. The van der Waals surface area contributed by atoms with Gasteiger partial charge in [0, 0.05) is 56.9 Å². The van der Waals surface area contributed by atoms with E-state index < -0.39 is 0 Å². The number of rotatable bonds is 3. The van der Waals surface area contributed by atoms with Gasteiger partial charge in [0.25, 0.3) is 0 Å². The first kappa shape index (κ1) is 15.1. The third-order valence-corrected chi connectivity index (χ3v) is 5.84. The Hall–Kier alpha value is -1.42. The predicted octanol–water partition coefficient (Wildman–Crippen LogP) is 3.62. The van der Waals surface area contributed by atoms with Crippen LogP contribution in [0.4, 0.5) is 0 Å². The van der Waals surface area contributed by atoms with Gasteiger partial charge in [0.15, 0.2) is 0 Å². The molecule has 1 saturated carbocycles. The molecule has 4 nitrogen and oxygen atoms in total. The summed E-state index contributed by atoms with van der Waals surface area (Å²) in [5.41, 5.74) is 2.13. The van der Waals surface area contributed by atoms with E-state index >= 15 is 0 Å². The van der Waals surface area contributed by atoms with Crippen LogP contribution in [0.15, 0.2) is 29.7 Å². The Morgan fingerprint density at radius 3 is 2.74 bits per heavy atom. The van der Waals surface area contributed by atoms with Crippen molar-refractivity contribution < 1.29 is 4.84 Å². The molecular weight excluding hydrogens is 286 g/mol. The first-order valence-electron chi connectivity index (χ1n) is 9.21. The molecule has 1 spiro atoms. The second-order valence-electron chi connectivity index (χ2n) is 7.54. The number of hydrogen-bond acceptors (Lipinski definition) is 4. The quantitative estimate of drug-likeness (QED) is 0.855. The van der Waals surface area contributed by atoms with Crippen molar-refractivity contribution in [2.75, 3.05) is 19.6 Å². The minimum atomic E-state index is -0.0474. The second kappa shape index (κ2) is 6.60. The monoisotopic (exact) mass is 313 g/mol. The summed E-state index contributed by atoms with van der Waals surface area (Å²) < 4.78 is 0. The van der Waals surface area contributed by atoms with Crippen molar-refractivity contribution >= 4 is 5.71 Å². The van der Waals surface area contributed by atoms with E-state index in [-0.39, 0.29) is 5.60 Å². The van der Waals surface area contributed by atoms with Crippen molar-refractivity contribution in [2.24, 2.45) is 11.1 Å². The molecular formula is C19H27N3O. The van der Waals surface area contributed by atoms with E-state index in [1.165, 1.54) is 38.6 Å². The van der Waals surface area contributed by atoms with Gasteiger partial charge in [-0.3, -0.25) is 4.98 Å². The van der Waals surface area contributed by atoms with E-state index in [4.69, 9.17) is 4.84 Å². The molecule has 3 heterocycles. The zero-order valence-corrected chi connectivity index (χ0v) is 13.9. The van der Waals surface area contributed by atoms with Crippen molar-refractivity contribution in [1.29, 1.82) is 0 Å². The van der Waals surface area contributed by atoms with Gasteiger partial charge in [-0.05, 0) is 30.9 Å². The smallest absolute Gasteiger partial charge is 0.145 e. The van der Waals surface area contributed by atoms with Crippen LogP contribution in [0.1, 0.15) is 56.9 Å². The van der Waals surface area contributed by atoms with Crippen LogP contribution in [0.25, 0.3) is 0 Å². The second-order valence-corrected chi connectivity index (χ2v) is 7.54. The van der Waals surface area contributed by atoms with Crippen LogP contribution in [0.3, 0.4) is 0 Å². The molecule has 4 rings (SSSR count). The number of oxime groups is 1. The Kier molecular flexibility index (Phi) is 4.34. The number of aromatic nitrogens is 1. The molecule has 1 aliphatic carbocycles. The van der Waals surface area contributed by atoms with E-state index in [0.717, 1.165) is 49.5 Å². The molecule has 0 atom stereocenters. The molecule has 0 radical (unpaired) electrons. The molecule has 2 aliphatic heterocycles. The summed E-state index contributed by atoms with van der Waals surface area (Å²) in [6, 6.07) is 4.04. The highest BCUT2D eigenvalue weighted by atomic mass is 16.7. The van der Waals surface area contributed by atoms with Gasteiger partial charge in [0.2, 0.25) is 0 Å². The van der Waals surface area contributed by atoms with Crippen LogP contribution < -0.4 is 0 Å². The van der Waals surface area contributed by atoms with Crippen LogP contribution >= 0.6 is 0 Å². The maximum Gasteiger partial charge on any atom is 0.145 e. The third-order valence-electron chi connectivity index (χ3n) is 5.84. The number of piperidine rings is 1. The topological polar surface area (TPSA) is 37.7 Å². The van der Waals surface area contributed by atoms with Crippen molar-refractivity contribution in [3.63, 3.8) is 0 Å². The largest absolute Gasteiger partial charge is 0.388 e. The summed E-state index contributed by atoms with van der Waals surface area (Å²) in [5, 5.41) is 4.38. The zero-order valence-electron chi connectivity index (χ0n) is 13.9. The first-order chi connectivity index (χ1) is 11.3. The molecule has 2 fully saturated rings. The van der Waals surface area contributed by atoms with Crippen LogP contribution in [0, 0.1) is 5.92 Å². The number of nitrogens with zero attached hydrogens (tertiary/aromatic N) is 3. The fraction of sp³-hybridized carbons (Fsp3) is 0.684. The van der Waals surface area contributed by atoms with Gasteiger partial charge in [0.1, 0.15) is 5.60 Å². The Labute approximate surface area is 138 Å². The maximum absolute atomic E-state index is 5.92. The molecule has 4 heteroatoms. The molecule has 23 heavy (non-hydrogen) atoms. The van der Waals surface area contributed by atoms with Crippen molar-refractivity contribution in [3.05, 3.63) is 30.1 Å². The molecule has 1 saturated heterocycles. The summed E-state index contributed by atoms with van der Waals surface area (Å²) in [6.07, 6.45) is 14.0. The molecule has 0 bridgehead atoms. The van der Waals surface area contributed by atoms with Crippen LogP contribution in [0.2, 0.25) is 0 Å². The van der Waals surface area contributed by atoms with Gasteiger partial charge in [-0.25, -0.2) is 0 Å². The maximum atomic E-state index is 5.92. The fourth-order valence-corrected chi connectivity index (χ4v) is 4.36. The van der Waals surface area contributed by atoms with E-state index in [1.807, 2.05) is 12.3 Å². The molecule has 0 unspecified atom stereocenters. The summed E-state index contributed by atoms with van der Waals surface area (Å²) in [6.45, 7) is 3.62. The molecule has 1 aromatic heterocycles. The molecule has 0 aromatic carbocycles. The summed E-state index contributed by atoms with van der Waals surface area (Å²) in [5.74, 6) is 0.935. The van der Waals surface area contributed by atoms with Crippen molar-refractivity contribution in [1.82, 2.24) is 9.88 Å². The highest BCUT2D eigenvalue weighted by Gasteiger charge is 2.42. The number of hydrogen-bond donors (Lipinski definition) is 0. The van der Waals surface area contributed by atoms with Gasteiger partial charge in [-0.15, -0.1) is 0 Å². The Balaban J connectivity index is 1.30. The molecule has 124 valence electrons. The van der Waals surface area contributed by atoms with E-state index in [0.29, 0.717) is 0 Å². The van der Waals surface area contributed by atoms with E-state index in [1.54, 1.807) is 6.20 Å². The minimum absolute atomic E-state index is 0.0474. The molecule has 0 amide bonds. The lowest BCUT2D eigenvalue weighted by molar-refractivity contribution is -0.0637. The van der Waals surface area contributed by atoms with Gasteiger partial charge < -0.3 is 9.74 Å². The first-order valence-corrected chi connectivity index (χ1v) is 9.21. The average Bonchev–Trinajstić information content (AvgIpc) is 3.03. The lowest BCUT2D eigenvalue weighted by Gasteiger charge is -2.39. The van der Waals surface area contributed by atoms with Gasteiger partial charge in [0.05, 0.1) is 5.71 Å². The molecule has 3 aliphatic rings. The van der Waals surface area contributed by atoms with Crippen LogP contribution in [0.5, 0.6) is 0 Å². The fourth-order valence-electron chi connectivity index (χ4n) is 4.36. The Morgan fingerprint density at radius 1 is 1.17 bits per heavy atom. The highest BCUT2D eigenvalue weighted by molar-refractivity contribution is 6.01. The van der Waals surface area contributed by atoms with Crippen LogP contribution in [-0.4, -0.2) is 40.8 Å².